The van der Waals surface area contributed by atoms with Crippen molar-refractivity contribution in [2.24, 2.45) is 0 Å². The van der Waals surface area contributed by atoms with Gasteiger partial charge in [-0.3, -0.25) is 4.79 Å². The van der Waals surface area contributed by atoms with Gasteiger partial charge in [-0.1, -0.05) is 48.5 Å². The van der Waals surface area contributed by atoms with E-state index in [1.165, 1.54) is 5.39 Å². The molecule has 0 unspecified atom stereocenters. The van der Waals surface area contributed by atoms with Crippen molar-refractivity contribution in [3.8, 4) is 17.2 Å². The number of ether oxygens (including phenoxy) is 3. The molecule has 1 N–H and O–H groups in total. The fraction of sp³-hybridized carbons (Fsp3) is 0.226. The quantitative estimate of drug-likeness (QED) is 0.233. The van der Waals surface area contributed by atoms with Crippen LogP contribution in [-0.2, 0) is 13.0 Å². The average Bonchev–Trinajstić information content (AvgIpc) is 3.32. The molecule has 0 saturated heterocycles. The Kier molecular flexibility index (Phi) is 7.73. The Hall–Kier alpha value is -4.52. The zero-order chi connectivity index (χ0) is 26.3. The number of carbonyl (C=O) groups excluding carboxylic acids is 1. The first-order valence-corrected chi connectivity index (χ1v) is 12.7. The fourth-order valence-corrected chi connectivity index (χ4v) is 4.66. The van der Waals surface area contributed by atoms with Gasteiger partial charge in [-0.15, -0.1) is 0 Å². The summed E-state index contributed by atoms with van der Waals surface area (Å²) in [5.74, 6) is 2.77. The van der Waals surface area contributed by atoms with Crippen LogP contribution in [-0.4, -0.2) is 42.8 Å². The number of nitrogens with zero attached hydrogens (tertiary/aromatic N) is 2. The summed E-state index contributed by atoms with van der Waals surface area (Å²) in [7, 11) is 3.12. The summed E-state index contributed by atoms with van der Waals surface area (Å²) in [4.78, 5) is 17.6. The predicted octanol–water partition coefficient (Wildman–Crippen LogP) is 5.65. The summed E-state index contributed by atoms with van der Waals surface area (Å²) in [5, 5.41) is 5.29. The third kappa shape index (κ3) is 5.42. The number of nitrogens with one attached hydrogen (secondary N) is 1. The average molecular weight is 510 g/mol. The number of methoxy groups -OCH3 is 2. The Labute approximate surface area is 222 Å². The Morgan fingerprint density at radius 2 is 1.66 bits per heavy atom. The lowest BCUT2D eigenvalue weighted by molar-refractivity contribution is 0.0953. The van der Waals surface area contributed by atoms with E-state index in [4.69, 9.17) is 19.2 Å². The van der Waals surface area contributed by atoms with Crippen LogP contribution < -0.4 is 19.5 Å². The molecule has 38 heavy (non-hydrogen) atoms. The first-order chi connectivity index (χ1) is 18.7. The van der Waals surface area contributed by atoms with Gasteiger partial charge in [0, 0.05) is 30.5 Å². The highest BCUT2D eigenvalue weighted by Gasteiger charge is 2.13. The molecule has 0 aliphatic carbocycles. The van der Waals surface area contributed by atoms with Gasteiger partial charge in [0.05, 0.1) is 31.9 Å². The van der Waals surface area contributed by atoms with Gasteiger partial charge >= 0.3 is 0 Å². The third-order valence-electron chi connectivity index (χ3n) is 6.55. The van der Waals surface area contributed by atoms with E-state index in [0.29, 0.717) is 36.6 Å². The van der Waals surface area contributed by atoms with Gasteiger partial charge in [-0.05, 0) is 48.2 Å². The smallest absolute Gasteiger partial charge is 0.251 e. The summed E-state index contributed by atoms with van der Waals surface area (Å²) in [6, 6.07) is 27.6. The highest BCUT2D eigenvalue weighted by atomic mass is 16.5. The second kappa shape index (κ2) is 11.7. The molecule has 1 heterocycles. The zero-order valence-corrected chi connectivity index (χ0v) is 21.6. The number of imidazole rings is 1. The Morgan fingerprint density at radius 3 is 2.53 bits per heavy atom. The maximum Gasteiger partial charge on any atom is 0.251 e. The number of para-hydroxylation sites is 2. The minimum absolute atomic E-state index is 0.169. The van der Waals surface area contributed by atoms with E-state index in [-0.39, 0.29) is 5.91 Å². The maximum atomic E-state index is 12.7. The molecule has 5 aromatic rings. The van der Waals surface area contributed by atoms with Crippen molar-refractivity contribution in [1.82, 2.24) is 14.9 Å². The normalized spacial score (nSPS) is 11.0. The molecule has 0 saturated carbocycles. The van der Waals surface area contributed by atoms with E-state index >= 15 is 0 Å². The molecule has 1 amide bonds. The van der Waals surface area contributed by atoms with Crippen LogP contribution in [0.1, 0.15) is 22.6 Å². The van der Waals surface area contributed by atoms with Crippen LogP contribution >= 0.6 is 0 Å². The van der Waals surface area contributed by atoms with Crippen LogP contribution in [0.25, 0.3) is 21.8 Å². The lowest BCUT2D eigenvalue weighted by Gasteiger charge is -2.12. The standard InChI is InChI=1S/C31H31N3O4/c1-36-28-16-15-23(21-29(28)37-2)31(35)32-18-17-30-33-25-12-5-6-13-26(25)34(30)19-8-20-38-27-14-7-10-22-9-3-4-11-24(22)27/h3-7,9-16,21H,8,17-20H2,1-2H3,(H,32,35). The summed E-state index contributed by atoms with van der Waals surface area (Å²) < 4.78 is 19.0. The summed E-state index contributed by atoms with van der Waals surface area (Å²) in [5.41, 5.74) is 2.55. The Balaban J connectivity index is 1.22. The molecule has 7 nitrogen and oxygen atoms in total. The van der Waals surface area contributed by atoms with E-state index in [2.05, 4.69) is 34.1 Å². The maximum absolute atomic E-state index is 12.7. The van der Waals surface area contributed by atoms with Gasteiger partial charge in [0.1, 0.15) is 11.6 Å². The molecule has 0 radical (unpaired) electrons. The van der Waals surface area contributed by atoms with Gasteiger partial charge < -0.3 is 24.1 Å². The minimum atomic E-state index is -0.169. The second-order valence-electron chi connectivity index (χ2n) is 8.92. The molecule has 0 spiro atoms. The number of amides is 1. The highest BCUT2D eigenvalue weighted by Crippen LogP contribution is 2.28. The van der Waals surface area contributed by atoms with Crippen molar-refractivity contribution < 1.29 is 19.0 Å². The number of hydrogen-bond acceptors (Lipinski definition) is 5. The van der Waals surface area contributed by atoms with Crippen LogP contribution in [0.4, 0.5) is 0 Å². The molecule has 0 aliphatic heterocycles. The molecule has 5 rings (SSSR count). The SMILES string of the molecule is COc1ccc(C(=O)NCCc2nc3ccccc3n2CCCOc2cccc3ccccc23)cc1OC. The van der Waals surface area contributed by atoms with Crippen LogP contribution in [0.2, 0.25) is 0 Å². The lowest BCUT2D eigenvalue weighted by Crippen LogP contribution is -2.26. The minimum Gasteiger partial charge on any atom is -0.493 e. The largest absolute Gasteiger partial charge is 0.493 e. The Bertz CT molecular complexity index is 1550. The van der Waals surface area contributed by atoms with E-state index < -0.39 is 0 Å². The molecule has 0 atom stereocenters. The van der Waals surface area contributed by atoms with Crippen LogP contribution in [0, 0.1) is 0 Å². The molecule has 0 aliphatic rings. The van der Waals surface area contributed by atoms with Crippen molar-refractivity contribution in [3.05, 3.63) is 96.3 Å². The van der Waals surface area contributed by atoms with E-state index in [9.17, 15) is 4.79 Å². The first-order valence-electron chi connectivity index (χ1n) is 12.7. The molecular weight excluding hydrogens is 478 g/mol. The van der Waals surface area contributed by atoms with E-state index in [0.717, 1.165) is 41.0 Å². The topological polar surface area (TPSA) is 74.6 Å². The first kappa shape index (κ1) is 25.1. The number of aryl methyl sites for hydroxylation is 1. The lowest BCUT2D eigenvalue weighted by atomic mass is 10.1. The van der Waals surface area contributed by atoms with E-state index in [1.807, 2.05) is 42.5 Å². The molecule has 194 valence electrons. The van der Waals surface area contributed by atoms with Gasteiger partial charge in [-0.2, -0.15) is 0 Å². The van der Waals surface area contributed by atoms with Gasteiger partial charge in [0.25, 0.3) is 5.91 Å². The third-order valence-corrected chi connectivity index (χ3v) is 6.55. The van der Waals surface area contributed by atoms with Crippen molar-refractivity contribution in [2.45, 2.75) is 19.4 Å². The molecular formula is C31H31N3O4. The second-order valence-corrected chi connectivity index (χ2v) is 8.92. The number of fused-ring (bicyclic) bond motifs is 2. The Morgan fingerprint density at radius 1 is 0.868 bits per heavy atom. The zero-order valence-electron chi connectivity index (χ0n) is 21.6. The molecule has 0 fully saturated rings. The summed E-state index contributed by atoms with van der Waals surface area (Å²) in [6.07, 6.45) is 1.44. The summed E-state index contributed by atoms with van der Waals surface area (Å²) in [6.45, 7) is 1.82. The molecule has 4 aromatic carbocycles. The van der Waals surface area contributed by atoms with Crippen LogP contribution in [0.5, 0.6) is 17.2 Å². The van der Waals surface area contributed by atoms with Crippen molar-refractivity contribution >= 4 is 27.7 Å². The van der Waals surface area contributed by atoms with Gasteiger partial charge in [0.15, 0.2) is 11.5 Å². The fourth-order valence-electron chi connectivity index (χ4n) is 4.66. The van der Waals surface area contributed by atoms with E-state index in [1.54, 1.807) is 32.4 Å². The van der Waals surface area contributed by atoms with Crippen molar-refractivity contribution in [1.29, 1.82) is 0 Å². The monoisotopic (exact) mass is 509 g/mol. The van der Waals surface area contributed by atoms with Crippen molar-refractivity contribution in [3.63, 3.8) is 0 Å². The number of rotatable bonds is 11. The number of benzene rings is 4. The van der Waals surface area contributed by atoms with Gasteiger partial charge in [0.2, 0.25) is 0 Å². The molecule has 7 heteroatoms. The highest BCUT2D eigenvalue weighted by molar-refractivity contribution is 5.95. The molecule has 1 aromatic heterocycles. The number of carbonyl (C=O) groups is 1. The van der Waals surface area contributed by atoms with Crippen LogP contribution in [0.3, 0.4) is 0 Å². The summed E-state index contributed by atoms with van der Waals surface area (Å²) >= 11 is 0. The van der Waals surface area contributed by atoms with Crippen LogP contribution in [0.15, 0.2) is 84.9 Å². The van der Waals surface area contributed by atoms with Crippen molar-refractivity contribution in [2.75, 3.05) is 27.4 Å². The predicted molar refractivity (Wildman–Crippen MR) is 149 cm³/mol. The van der Waals surface area contributed by atoms with Gasteiger partial charge in [-0.25, -0.2) is 4.98 Å². The number of aromatic nitrogens is 2. The number of hydrogen-bond donors (Lipinski definition) is 1. The molecule has 0 bridgehead atoms.